The van der Waals surface area contributed by atoms with Crippen LogP contribution in [0.2, 0.25) is 0 Å². The molecule has 0 saturated carbocycles. The number of aryl methyl sites for hydroxylation is 1. The second-order valence-electron chi connectivity index (χ2n) is 4.93. The summed E-state index contributed by atoms with van der Waals surface area (Å²) in [4.78, 5) is 11.9. The zero-order valence-corrected chi connectivity index (χ0v) is 12.1. The largest absolute Gasteiger partial charge is 0.361 e. The van der Waals surface area contributed by atoms with Crippen molar-refractivity contribution in [2.75, 3.05) is 6.54 Å². The Kier molecular flexibility index (Phi) is 6.35. The minimum Gasteiger partial charge on any atom is -0.361 e. The van der Waals surface area contributed by atoms with Crippen LogP contribution in [0.5, 0.6) is 0 Å². The molecule has 0 aliphatic rings. The average Bonchev–Trinajstić information content (AvgIpc) is 2.63. The van der Waals surface area contributed by atoms with Crippen molar-refractivity contribution in [1.29, 1.82) is 0 Å². The van der Waals surface area contributed by atoms with E-state index in [2.05, 4.69) is 10.5 Å². The Labute approximate surface area is 114 Å². The summed E-state index contributed by atoms with van der Waals surface area (Å²) in [6.45, 7) is 8.23. The monoisotopic (exact) mass is 275 g/mol. The first-order valence-electron chi connectivity index (χ1n) is 5.80. The van der Waals surface area contributed by atoms with Crippen molar-refractivity contribution in [3.63, 3.8) is 0 Å². The van der Waals surface area contributed by atoms with Gasteiger partial charge < -0.3 is 15.6 Å². The average molecular weight is 276 g/mol. The fourth-order valence-corrected chi connectivity index (χ4v) is 1.46. The number of nitrogens with two attached hydrogens (primary N) is 1. The smallest absolute Gasteiger partial charge is 0.226 e. The molecule has 1 heterocycles. The molecule has 3 N–H and O–H groups in total. The lowest BCUT2D eigenvalue weighted by molar-refractivity contribution is -0.122. The Balaban J connectivity index is 0.00000289. The topological polar surface area (TPSA) is 81.2 Å². The number of amides is 1. The van der Waals surface area contributed by atoms with Gasteiger partial charge in [-0.05, 0) is 19.8 Å². The number of nitrogens with one attached hydrogen (secondary N) is 1. The van der Waals surface area contributed by atoms with E-state index in [0.717, 1.165) is 0 Å². The standard InChI is InChI=1S/C12H21N3O2.ClH/c1-8(2)12(4,7-13)14-11(16)6-10-5-9(3)17-15-10;/h5,8H,6-7,13H2,1-4H3,(H,14,16);1H. The predicted octanol–water partition coefficient (Wildman–Crippen LogP) is 1.44. The van der Waals surface area contributed by atoms with Gasteiger partial charge in [0.1, 0.15) is 5.76 Å². The lowest BCUT2D eigenvalue weighted by Gasteiger charge is -2.33. The summed E-state index contributed by atoms with van der Waals surface area (Å²) in [7, 11) is 0. The molecule has 1 aromatic rings. The summed E-state index contributed by atoms with van der Waals surface area (Å²) in [5.74, 6) is 0.897. The summed E-state index contributed by atoms with van der Waals surface area (Å²) >= 11 is 0. The zero-order valence-electron chi connectivity index (χ0n) is 11.3. The van der Waals surface area contributed by atoms with Crippen molar-refractivity contribution in [3.8, 4) is 0 Å². The van der Waals surface area contributed by atoms with E-state index in [1.54, 1.807) is 13.0 Å². The van der Waals surface area contributed by atoms with E-state index in [4.69, 9.17) is 10.3 Å². The Morgan fingerprint density at radius 2 is 2.22 bits per heavy atom. The van der Waals surface area contributed by atoms with Crippen molar-refractivity contribution in [2.24, 2.45) is 11.7 Å². The van der Waals surface area contributed by atoms with Crippen LogP contribution in [0.1, 0.15) is 32.2 Å². The molecular formula is C12H22ClN3O2. The fourth-order valence-electron chi connectivity index (χ4n) is 1.46. The van der Waals surface area contributed by atoms with Crippen molar-refractivity contribution in [2.45, 2.75) is 39.7 Å². The predicted molar refractivity (Wildman–Crippen MR) is 72.6 cm³/mol. The number of carbonyl (C=O) groups is 1. The second kappa shape index (κ2) is 6.75. The van der Waals surface area contributed by atoms with E-state index >= 15 is 0 Å². The maximum Gasteiger partial charge on any atom is 0.226 e. The van der Waals surface area contributed by atoms with Gasteiger partial charge >= 0.3 is 0 Å². The lowest BCUT2D eigenvalue weighted by atomic mass is 9.88. The van der Waals surface area contributed by atoms with Crippen molar-refractivity contribution < 1.29 is 9.32 Å². The Morgan fingerprint density at radius 3 is 2.61 bits per heavy atom. The first-order chi connectivity index (χ1) is 7.87. The highest BCUT2D eigenvalue weighted by atomic mass is 35.5. The molecule has 0 bridgehead atoms. The van der Waals surface area contributed by atoms with Gasteiger partial charge in [0.2, 0.25) is 5.91 Å². The first-order valence-corrected chi connectivity index (χ1v) is 5.80. The molecule has 18 heavy (non-hydrogen) atoms. The van der Waals surface area contributed by atoms with Crippen molar-refractivity contribution in [3.05, 3.63) is 17.5 Å². The molecule has 0 fully saturated rings. The van der Waals surface area contributed by atoms with Crippen LogP contribution in [0.15, 0.2) is 10.6 Å². The van der Waals surface area contributed by atoms with Crippen LogP contribution >= 0.6 is 12.4 Å². The van der Waals surface area contributed by atoms with E-state index < -0.39 is 0 Å². The summed E-state index contributed by atoms with van der Waals surface area (Å²) in [6.07, 6.45) is 0.222. The Morgan fingerprint density at radius 1 is 1.61 bits per heavy atom. The minimum atomic E-state index is -0.379. The molecule has 1 unspecified atom stereocenters. The molecule has 1 amide bonds. The van der Waals surface area contributed by atoms with Gasteiger partial charge in [0.25, 0.3) is 0 Å². The summed E-state index contributed by atoms with van der Waals surface area (Å²) in [5, 5.41) is 6.74. The molecule has 1 rings (SSSR count). The van der Waals surface area contributed by atoms with Crippen LogP contribution in [0.4, 0.5) is 0 Å². The van der Waals surface area contributed by atoms with Crippen LogP contribution in [-0.2, 0) is 11.2 Å². The number of nitrogens with zero attached hydrogens (tertiary/aromatic N) is 1. The number of hydrogen-bond donors (Lipinski definition) is 2. The van der Waals surface area contributed by atoms with Gasteiger partial charge in [-0.1, -0.05) is 19.0 Å². The molecule has 0 radical (unpaired) electrons. The van der Waals surface area contributed by atoms with Crippen LogP contribution in [0.3, 0.4) is 0 Å². The summed E-state index contributed by atoms with van der Waals surface area (Å²) < 4.78 is 4.91. The third-order valence-corrected chi connectivity index (χ3v) is 3.14. The number of aromatic nitrogens is 1. The van der Waals surface area contributed by atoms with Gasteiger partial charge in [0.15, 0.2) is 0 Å². The highest BCUT2D eigenvalue weighted by Gasteiger charge is 2.28. The van der Waals surface area contributed by atoms with Crippen LogP contribution in [-0.4, -0.2) is 23.1 Å². The van der Waals surface area contributed by atoms with Crippen LogP contribution in [0.25, 0.3) is 0 Å². The fraction of sp³-hybridized carbons (Fsp3) is 0.667. The second-order valence-corrected chi connectivity index (χ2v) is 4.93. The molecule has 6 heteroatoms. The van der Waals surface area contributed by atoms with Gasteiger partial charge in [0, 0.05) is 12.6 Å². The molecule has 0 aliphatic carbocycles. The normalized spacial score (nSPS) is 13.9. The van der Waals surface area contributed by atoms with Gasteiger partial charge in [0.05, 0.1) is 17.7 Å². The number of hydrogen-bond acceptors (Lipinski definition) is 4. The van der Waals surface area contributed by atoms with Crippen molar-refractivity contribution >= 4 is 18.3 Å². The molecule has 1 atom stereocenters. The summed E-state index contributed by atoms with van der Waals surface area (Å²) in [6, 6.07) is 1.76. The zero-order chi connectivity index (χ0) is 13.1. The van der Waals surface area contributed by atoms with Gasteiger partial charge in [-0.15, -0.1) is 12.4 Å². The minimum absolute atomic E-state index is 0. The first kappa shape index (κ1) is 16.9. The SMILES string of the molecule is Cc1cc(CC(=O)NC(C)(CN)C(C)C)no1.Cl. The molecule has 5 nitrogen and oxygen atoms in total. The molecule has 0 aliphatic heterocycles. The molecule has 104 valence electrons. The molecular weight excluding hydrogens is 254 g/mol. The molecule has 1 aromatic heterocycles. The van der Waals surface area contributed by atoms with E-state index in [1.165, 1.54) is 0 Å². The molecule has 0 spiro atoms. The van der Waals surface area contributed by atoms with Gasteiger partial charge in [-0.3, -0.25) is 4.79 Å². The van der Waals surface area contributed by atoms with E-state index in [9.17, 15) is 4.79 Å². The van der Waals surface area contributed by atoms with E-state index in [1.807, 2.05) is 20.8 Å². The third kappa shape index (κ3) is 4.31. The molecule has 0 saturated heterocycles. The number of carbonyl (C=O) groups excluding carboxylic acids is 1. The Bertz CT molecular complexity index is 392. The van der Waals surface area contributed by atoms with E-state index in [0.29, 0.717) is 18.0 Å². The van der Waals surface area contributed by atoms with Crippen LogP contribution in [0, 0.1) is 12.8 Å². The maximum absolute atomic E-state index is 11.9. The molecule has 0 aromatic carbocycles. The van der Waals surface area contributed by atoms with E-state index in [-0.39, 0.29) is 36.2 Å². The maximum atomic E-state index is 11.9. The quantitative estimate of drug-likeness (QED) is 0.852. The van der Waals surface area contributed by atoms with Crippen LogP contribution < -0.4 is 11.1 Å². The van der Waals surface area contributed by atoms with Gasteiger partial charge in [-0.2, -0.15) is 0 Å². The third-order valence-electron chi connectivity index (χ3n) is 3.14. The highest BCUT2D eigenvalue weighted by Crippen LogP contribution is 2.15. The lowest BCUT2D eigenvalue weighted by Crippen LogP contribution is -2.55. The highest BCUT2D eigenvalue weighted by molar-refractivity contribution is 5.85. The van der Waals surface area contributed by atoms with Crippen molar-refractivity contribution in [1.82, 2.24) is 10.5 Å². The Hall–Kier alpha value is -1.07. The van der Waals surface area contributed by atoms with Gasteiger partial charge in [-0.25, -0.2) is 0 Å². The number of halogens is 1. The summed E-state index contributed by atoms with van der Waals surface area (Å²) in [5.41, 5.74) is 5.97. The number of rotatable bonds is 5.